The zero-order valence-electron chi connectivity index (χ0n) is 16.4. The molecule has 0 bridgehead atoms. The standard InChI is InChI=1S/C26H25N/c1-16-12-18-8-5-6-10-21(18)24(16)26(3,4)25-17(2)13-20-14-19-9-7-11-27-23(19)15-22(20)25/h5-15,24,27H,1-4H3. The van der Waals surface area contributed by atoms with Crippen molar-refractivity contribution in [3.05, 3.63) is 88.6 Å². The van der Waals surface area contributed by atoms with Crippen LogP contribution in [0.15, 0.2) is 66.4 Å². The Morgan fingerprint density at radius 3 is 2.56 bits per heavy atom. The largest absolute Gasteiger partial charge is 0.361 e. The normalized spacial score (nSPS) is 16.7. The number of aryl methyl sites for hydroxylation is 1. The number of fused-ring (bicyclic) bond motifs is 3. The number of H-pyrrole nitrogens is 1. The molecule has 1 N–H and O–H groups in total. The summed E-state index contributed by atoms with van der Waals surface area (Å²) in [6.07, 6.45) is 4.38. The van der Waals surface area contributed by atoms with Crippen molar-refractivity contribution in [2.24, 2.45) is 0 Å². The molecule has 134 valence electrons. The Bertz CT molecular complexity index is 1220. The third-order valence-electron chi connectivity index (χ3n) is 6.38. The first-order valence-electron chi connectivity index (χ1n) is 9.75. The maximum absolute atomic E-state index is 3.41. The summed E-state index contributed by atoms with van der Waals surface area (Å²) in [5.41, 5.74) is 8.38. The number of rotatable bonds is 2. The highest BCUT2D eigenvalue weighted by Crippen LogP contribution is 2.51. The minimum absolute atomic E-state index is 0.0154. The van der Waals surface area contributed by atoms with Gasteiger partial charge in [0.15, 0.2) is 0 Å². The SMILES string of the molecule is CC1=Cc2ccccc2C1C(C)(C)c1c(C)cc2cc3ccc[nH]c3cc12. The summed E-state index contributed by atoms with van der Waals surface area (Å²) in [7, 11) is 0. The molecule has 0 spiro atoms. The fourth-order valence-electron chi connectivity index (χ4n) is 5.48. The molecule has 3 aromatic carbocycles. The third kappa shape index (κ3) is 2.31. The van der Waals surface area contributed by atoms with Gasteiger partial charge >= 0.3 is 0 Å². The lowest BCUT2D eigenvalue weighted by molar-refractivity contribution is 0.461. The molecular formula is C26H25N. The van der Waals surface area contributed by atoms with Crippen LogP contribution in [0.1, 0.15) is 48.9 Å². The van der Waals surface area contributed by atoms with Gasteiger partial charge in [0.1, 0.15) is 0 Å². The van der Waals surface area contributed by atoms with Crippen molar-refractivity contribution in [1.29, 1.82) is 0 Å². The predicted molar refractivity (Wildman–Crippen MR) is 116 cm³/mol. The molecule has 0 radical (unpaired) electrons. The van der Waals surface area contributed by atoms with Gasteiger partial charge in [0.2, 0.25) is 0 Å². The van der Waals surface area contributed by atoms with Crippen molar-refractivity contribution in [2.45, 2.75) is 39.0 Å². The summed E-state index contributed by atoms with van der Waals surface area (Å²) in [5, 5.41) is 3.99. The molecule has 1 aromatic heterocycles. The van der Waals surface area contributed by atoms with Crippen molar-refractivity contribution in [2.75, 3.05) is 0 Å². The Hall–Kier alpha value is -2.80. The number of allylic oxidation sites excluding steroid dienone is 1. The van der Waals surface area contributed by atoms with Gasteiger partial charge in [-0.2, -0.15) is 0 Å². The van der Waals surface area contributed by atoms with Gasteiger partial charge in [0.05, 0.1) is 0 Å². The summed E-state index contributed by atoms with van der Waals surface area (Å²) in [5.74, 6) is 0.411. The van der Waals surface area contributed by atoms with E-state index in [1.807, 2.05) is 6.20 Å². The van der Waals surface area contributed by atoms with Crippen LogP contribution in [0.25, 0.3) is 27.8 Å². The summed E-state index contributed by atoms with van der Waals surface area (Å²) in [6, 6.07) is 20.1. The van der Waals surface area contributed by atoms with Crippen LogP contribution in [0.3, 0.4) is 0 Å². The molecule has 0 saturated carbocycles. The molecule has 4 aromatic rings. The second-order valence-corrected chi connectivity index (χ2v) is 8.57. The number of aromatic amines is 1. The van der Waals surface area contributed by atoms with Gasteiger partial charge in [-0.25, -0.2) is 0 Å². The van der Waals surface area contributed by atoms with E-state index in [0.717, 1.165) is 0 Å². The van der Waals surface area contributed by atoms with Gasteiger partial charge in [0.25, 0.3) is 0 Å². The smallest absolute Gasteiger partial charge is 0.0459 e. The molecule has 1 heterocycles. The molecule has 1 nitrogen and oxygen atoms in total. The Morgan fingerprint density at radius 2 is 1.70 bits per heavy atom. The van der Waals surface area contributed by atoms with E-state index in [0.29, 0.717) is 5.92 Å². The first kappa shape index (κ1) is 16.4. The summed E-state index contributed by atoms with van der Waals surface area (Å²) < 4.78 is 0. The van der Waals surface area contributed by atoms with Crippen LogP contribution in [0.5, 0.6) is 0 Å². The molecule has 1 aliphatic rings. The molecule has 0 fully saturated rings. The average molecular weight is 351 g/mol. The van der Waals surface area contributed by atoms with E-state index in [2.05, 4.69) is 93.4 Å². The minimum atomic E-state index is 0.0154. The highest BCUT2D eigenvalue weighted by Gasteiger charge is 2.39. The van der Waals surface area contributed by atoms with Gasteiger partial charge < -0.3 is 4.98 Å². The molecule has 1 heteroatoms. The topological polar surface area (TPSA) is 15.8 Å². The second-order valence-electron chi connectivity index (χ2n) is 8.57. The molecule has 27 heavy (non-hydrogen) atoms. The third-order valence-corrected chi connectivity index (χ3v) is 6.38. The Morgan fingerprint density at radius 1 is 0.889 bits per heavy atom. The lowest BCUT2D eigenvalue weighted by Crippen LogP contribution is -2.27. The second kappa shape index (κ2) is 5.60. The van der Waals surface area contributed by atoms with Crippen molar-refractivity contribution in [1.82, 2.24) is 4.98 Å². The van der Waals surface area contributed by atoms with Crippen LogP contribution in [-0.4, -0.2) is 4.98 Å². The van der Waals surface area contributed by atoms with Crippen LogP contribution < -0.4 is 0 Å². The van der Waals surface area contributed by atoms with E-state index >= 15 is 0 Å². The minimum Gasteiger partial charge on any atom is -0.361 e. The van der Waals surface area contributed by atoms with Crippen LogP contribution in [-0.2, 0) is 5.41 Å². The van der Waals surface area contributed by atoms with Crippen LogP contribution in [0.2, 0.25) is 0 Å². The van der Waals surface area contributed by atoms with E-state index < -0.39 is 0 Å². The molecule has 0 aliphatic heterocycles. The number of hydrogen-bond donors (Lipinski definition) is 1. The lowest BCUT2D eigenvalue weighted by Gasteiger charge is -2.35. The van der Waals surface area contributed by atoms with E-state index in [9.17, 15) is 0 Å². The first-order valence-corrected chi connectivity index (χ1v) is 9.75. The predicted octanol–water partition coefficient (Wildman–Crippen LogP) is 7.11. The fraction of sp³-hybridized carbons (Fsp3) is 0.231. The van der Waals surface area contributed by atoms with E-state index in [1.165, 1.54) is 49.5 Å². The molecule has 0 amide bonds. The highest BCUT2D eigenvalue weighted by molar-refractivity contribution is 6.00. The molecule has 1 atom stereocenters. The number of nitrogens with one attached hydrogen (secondary N) is 1. The highest BCUT2D eigenvalue weighted by atomic mass is 14.6. The van der Waals surface area contributed by atoms with Crippen LogP contribution in [0, 0.1) is 6.92 Å². The fourth-order valence-corrected chi connectivity index (χ4v) is 5.48. The van der Waals surface area contributed by atoms with Crippen LogP contribution >= 0.6 is 0 Å². The number of hydrogen-bond acceptors (Lipinski definition) is 0. The quantitative estimate of drug-likeness (QED) is 0.396. The van der Waals surface area contributed by atoms with E-state index in [4.69, 9.17) is 0 Å². The number of pyridine rings is 1. The monoisotopic (exact) mass is 351 g/mol. The Kier molecular flexibility index (Phi) is 3.40. The maximum atomic E-state index is 3.41. The lowest BCUT2D eigenvalue weighted by atomic mass is 9.68. The van der Waals surface area contributed by atoms with Gasteiger partial charge in [-0.1, -0.05) is 61.9 Å². The van der Waals surface area contributed by atoms with Crippen molar-refractivity contribution in [3.63, 3.8) is 0 Å². The van der Waals surface area contributed by atoms with Crippen molar-refractivity contribution >= 4 is 27.8 Å². The zero-order valence-corrected chi connectivity index (χ0v) is 16.4. The first-order chi connectivity index (χ1) is 13.0. The van der Waals surface area contributed by atoms with Gasteiger partial charge in [0, 0.05) is 23.0 Å². The zero-order chi connectivity index (χ0) is 18.8. The maximum Gasteiger partial charge on any atom is 0.0459 e. The Labute approximate surface area is 160 Å². The van der Waals surface area contributed by atoms with Gasteiger partial charge in [-0.3, -0.25) is 0 Å². The summed E-state index contributed by atoms with van der Waals surface area (Å²) >= 11 is 0. The molecular weight excluding hydrogens is 326 g/mol. The average Bonchev–Trinajstić information content (AvgIpc) is 3.14. The molecule has 1 aliphatic carbocycles. The number of aromatic nitrogens is 1. The summed E-state index contributed by atoms with van der Waals surface area (Å²) in [6.45, 7) is 9.39. The van der Waals surface area contributed by atoms with E-state index in [1.54, 1.807) is 0 Å². The number of benzene rings is 2. The molecule has 1 unspecified atom stereocenters. The van der Waals surface area contributed by atoms with Crippen molar-refractivity contribution in [3.8, 4) is 0 Å². The van der Waals surface area contributed by atoms with Gasteiger partial charge in [-0.05, 0) is 70.5 Å². The molecule has 0 saturated heterocycles. The molecule has 5 rings (SSSR count). The Balaban J connectivity index is 1.76. The van der Waals surface area contributed by atoms with Crippen LogP contribution in [0.4, 0.5) is 0 Å². The van der Waals surface area contributed by atoms with Crippen molar-refractivity contribution < 1.29 is 0 Å². The van der Waals surface area contributed by atoms with E-state index in [-0.39, 0.29) is 5.41 Å². The summed E-state index contributed by atoms with van der Waals surface area (Å²) in [4.78, 5) is 3.41. The van der Waals surface area contributed by atoms with Gasteiger partial charge in [-0.15, -0.1) is 0 Å².